The van der Waals surface area contributed by atoms with E-state index in [0.29, 0.717) is 19.3 Å². The van der Waals surface area contributed by atoms with E-state index >= 15 is 0 Å². The highest BCUT2D eigenvalue weighted by atomic mass is 16.6. The molecule has 0 saturated heterocycles. The number of carbonyl (C=O) groups excluding carboxylic acids is 2. The highest BCUT2D eigenvalue weighted by Crippen LogP contribution is 2.13. The molecule has 1 N–H and O–H groups in total. The van der Waals surface area contributed by atoms with Crippen molar-refractivity contribution in [3.05, 3.63) is 60.8 Å². The molecule has 0 aromatic rings. The Kier molecular flexibility index (Phi) is 40.6. The Hall–Kier alpha value is -2.97. The molecule has 346 valence electrons. The van der Waals surface area contributed by atoms with Gasteiger partial charge < -0.3 is 23.8 Å². The lowest BCUT2D eigenvalue weighted by molar-refractivity contribution is -0.887. The summed E-state index contributed by atoms with van der Waals surface area (Å²) < 4.78 is 17.3. The van der Waals surface area contributed by atoms with Crippen molar-refractivity contribution in [2.75, 3.05) is 41.0 Å². The Morgan fingerprint density at radius 3 is 1.30 bits per heavy atom. The lowest BCUT2D eigenvalue weighted by Crippen LogP contribution is -2.50. The van der Waals surface area contributed by atoms with Gasteiger partial charge in [-0.2, -0.15) is 0 Å². The number of allylic oxidation sites excluding steroid dienone is 10. The molecule has 8 nitrogen and oxygen atoms in total. The first kappa shape index (κ1) is 57.0. The number of carbonyl (C=O) groups is 3. The molecule has 0 rings (SSSR count). The zero-order chi connectivity index (χ0) is 44.2. The molecule has 0 heterocycles. The molecule has 0 aliphatic rings. The van der Waals surface area contributed by atoms with Crippen LogP contribution in [0.3, 0.4) is 0 Å². The van der Waals surface area contributed by atoms with Gasteiger partial charge in [0.05, 0.1) is 34.4 Å². The number of nitrogens with zero attached hydrogens (tertiary/aromatic N) is 1. The number of likely N-dealkylation sites (N-methyl/N-ethyl adjacent to an activating group) is 1. The van der Waals surface area contributed by atoms with Crippen LogP contribution in [0.5, 0.6) is 0 Å². The smallest absolute Gasteiger partial charge is 0.362 e. The van der Waals surface area contributed by atoms with Crippen molar-refractivity contribution in [3.8, 4) is 0 Å². The van der Waals surface area contributed by atoms with Crippen molar-refractivity contribution in [2.45, 2.75) is 212 Å². The Morgan fingerprint density at radius 1 is 0.500 bits per heavy atom. The monoisotopic (exact) mass is 843 g/mol. The van der Waals surface area contributed by atoms with Gasteiger partial charge in [-0.25, -0.2) is 4.79 Å². The average molecular weight is 843 g/mol. The van der Waals surface area contributed by atoms with Gasteiger partial charge in [0.1, 0.15) is 6.61 Å². The molecule has 0 amide bonds. The summed E-state index contributed by atoms with van der Waals surface area (Å²) >= 11 is 0. The number of ether oxygens (including phenoxy) is 3. The van der Waals surface area contributed by atoms with E-state index in [9.17, 15) is 19.5 Å². The second-order valence-electron chi connectivity index (χ2n) is 17.5. The van der Waals surface area contributed by atoms with Crippen LogP contribution < -0.4 is 0 Å². The second-order valence-corrected chi connectivity index (χ2v) is 17.5. The van der Waals surface area contributed by atoms with Crippen LogP contribution in [-0.2, 0) is 28.6 Å². The molecule has 2 atom stereocenters. The third-order valence-corrected chi connectivity index (χ3v) is 10.7. The Bertz CT molecular complexity index is 1170. The maximum absolute atomic E-state index is 12.8. The highest BCUT2D eigenvalue weighted by Gasteiger charge is 2.31. The summed E-state index contributed by atoms with van der Waals surface area (Å²) in [7, 11) is 5.52. The standard InChI is InChI=1S/C52H91NO7/c1-6-8-10-12-14-16-18-20-22-24-26-28-30-32-34-36-38-40-42-50(54)59-47-48(46-58-45-44-49(52(56)57)53(3,4)5)60-51(55)43-41-39-37-35-33-31-29-27-25-23-21-19-17-15-13-11-9-7-2/h19,21-29,48-49H,6-18,20,30-47H2,1-5H3/p+1/b21-19+,24-22+,25-23+,28-26+,29-27+. The van der Waals surface area contributed by atoms with E-state index in [1.54, 1.807) is 0 Å². The highest BCUT2D eigenvalue weighted by molar-refractivity contribution is 5.72. The number of rotatable bonds is 43. The zero-order valence-electron chi connectivity index (χ0n) is 39.4. The summed E-state index contributed by atoms with van der Waals surface area (Å²) in [6.45, 7) is 4.68. The van der Waals surface area contributed by atoms with E-state index in [1.165, 1.54) is 83.5 Å². The van der Waals surface area contributed by atoms with Gasteiger partial charge in [0.25, 0.3) is 0 Å². The van der Waals surface area contributed by atoms with Gasteiger partial charge in [-0.3, -0.25) is 9.59 Å². The second kappa shape index (κ2) is 42.7. The van der Waals surface area contributed by atoms with E-state index in [-0.39, 0.29) is 36.2 Å². The van der Waals surface area contributed by atoms with Crippen LogP contribution in [0.1, 0.15) is 200 Å². The molecule has 0 aromatic carbocycles. The summed E-state index contributed by atoms with van der Waals surface area (Å²) in [6.07, 6.45) is 52.6. The van der Waals surface area contributed by atoms with Gasteiger partial charge in [0.2, 0.25) is 0 Å². The topological polar surface area (TPSA) is 99.1 Å². The normalized spacial score (nSPS) is 13.4. The molecule has 60 heavy (non-hydrogen) atoms. The van der Waals surface area contributed by atoms with Crippen LogP contribution in [0.2, 0.25) is 0 Å². The lowest BCUT2D eigenvalue weighted by atomic mass is 10.1. The molecule has 0 aromatic heterocycles. The summed E-state index contributed by atoms with van der Waals surface area (Å²) in [4.78, 5) is 37.1. The third-order valence-electron chi connectivity index (χ3n) is 10.7. The van der Waals surface area contributed by atoms with E-state index < -0.39 is 18.1 Å². The fourth-order valence-electron chi connectivity index (χ4n) is 6.91. The Balaban J connectivity index is 4.38. The minimum Gasteiger partial charge on any atom is -0.477 e. The van der Waals surface area contributed by atoms with Crippen molar-refractivity contribution in [1.82, 2.24) is 0 Å². The van der Waals surface area contributed by atoms with Crippen LogP contribution in [-0.4, -0.2) is 80.6 Å². The predicted octanol–water partition coefficient (Wildman–Crippen LogP) is 13.8. The molecular formula is C52H92NO7+. The van der Waals surface area contributed by atoms with Crippen LogP contribution in [0.25, 0.3) is 0 Å². The van der Waals surface area contributed by atoms with E-state index in [4.69, 9.17) is 14.2 Å². The molecule has 0 aliphatic carbocycles. The molecule has 0 radical (unpaired) electrons. The van der Waals surface area contributed by atoms with Crippen LogP contribution in [0, 0.1) is 0 Å². The van der Waals surface area contributed by atoms with Crippen molar-refractivity contribution < 1.29 is 38.2 Å². The fraction of sp³-hybridized carbons (Fsp3) is 0.750. The summed E-state index contributed by atoms with van der Waals surface area (Å²) in [6, 6.07) is -0.623. The number of esters is 2. The predicted molar refractivity (Wildman–Crippen MR) is 252 cm³/mol. The van der Waals surface area contributed by atoms with Gasteiger partial charge >= 0.3 is 17.9 Å². The van der Waals surface area contributed by atoms with Gasteiger partial charge in [-0.05, 0) is 64.2 Å². The van der Waals surface area contributed by atoms with Gasteiger partial charge in [0.15, 0.2) is 12.1 Å². The maximum atomic E-state index is 12.8. The van der Waals surface area contributed by atoms with E-state index in [0.717, 1.165) is 83.5 Å². The summed E-state index contributed by atoms with van der Waals surface area (Å²) in [5.74, 6) is -1.51. The molecule has 8 heteroatoms. The number of hydrogen-bond acceptors (Lipinski definition) is 6. The summed E-state index contributed by atoms with van der Waals surface area (Å²) in [5.41, 5.74) is 0. The van der Waals surface area contributed by atoms with Crippen molar-refractivity contribution >= 4 is 17.9 Å². The number of aliphatic carboxylic acids is 1. The van der Waals surface area contributed by atoms with Crippen LogP contribution >= 0.6 is 0 Å². The molecular weight excluding hydrogens is 751 g/mol. The van der Waals surface area contributed by atoms with Crippen molar-refractivity contribution in [2.24, 2.45) is 0 Å². The van der Waals surface area contributed by atoms with Crippen molar-refractivity contribution in [1.29, 1.82) is 0 Å². The molecule has 2 unspecified atom stereocenters. The molecule has 0 saturated carbocycles. The number of carboxylic acid groups (broad SMARTS) is 1. The molecule has 0 bridgehead atoms. The van der Waals surface area contributed by atoms with Gasteiger partial charge in [-0.1, -0.05) is 177 Å². The minimum atomic E-state index is -0.882. The van der Waals surface area contributed by atoms with Crippen LogP contribution in [0.15, 0.2) is 60.8 Å². The lowest BCUT2D eigenvalue weighted by Gasteiger charge is -2.31. The van der Waals surface area contributed by atoms with Gasteiger partial charge in [-0.15, -0.1) is 0 Å². The molecule has 0 spiro atoms. The van der Waals surface area contributed by atoms with Crippen LogP contribution in [0.4, 0.5) is 0 Å². The first-order chi connectivity index (χ1) is 29.1. The Labute approximate surface area is 368 Å². The maximum Gasteiger partial charge on any atom is 0.362 e. The zero-order valence-corrected chi connectivity index (χ0v) is 39.4. The first-order valence-corrected chi connectivity index (χ1v) is 24.4. The SMILES string of the molecule is CCCCCCC/C=C/C=C/C=C/CCCCCCCC(=O)OC(COCCC(C(=O)O)[N+](C)(C)C)COC(=O)CCCCCCC/C=C/C=C/CCCCCCCCC. The Morgan fingerprint density at radius 2 is 0.883 bits per heavy atom. The third kappa shape index (κ3) is 40.4. The average Bonchev–Trinajstić information content (AvgIpc) is 3.21. The number of unbranched alkanes of at least 4 members (excludes halogenated alkanes) is 22. The quantitative estimate of drug-likeness (QED) is 0.0282. The largest absolute Gasteiger partial charge is 0.477 e. The molecule has 0 fully saturated rings. The fourth-order valence-corrected chi connectivity index (χ4v) is 6.91. The number of quaternary nitrogens is 1. The van der Waals surface area contributed by atoms with Gasteiger partial charge in [0, 0.05) is 19.3 Å². The molecule has 0 aliphatic heterocycles. The first-order valence-electron chi connectivity index (χ1n) is 24.4. The summed E-state index contributed by atoms with van der Waals surface area (Å²) in [5, 5.41) is 9.64. The number of hydrogen-bond donors (Lipinski definition) is 1. The number of carboxylic acids is 1. The minimum absolute atomic E-state index is 0.0457. The van der Waals surface area contributed by atoms with E-state index in [2.05, 4.69) is 74.6 Å². The van der Waals surface area contributed by atoms with Crippen molar-refractivity contribution in [3.63, 3.8) is 0 Å². The van der Waals surface area contributed by atoms with E-state index in [1.807, 2.05) is 21.1 Å².